The summed E-state index contributed by atoms with van der Waals surface area (Å²) in [6, 6.07) is 2.06. The first-order chi connectivity index (χ1) is 7.51. The third kappa shape index (κ3) is 3.74. The van der Waals surface area contributed by atoms with Gasteiger partial charge < -0.3 is 0 Å². The Balaban J connectivity index is 3.33. The van der Waals surface area contributed by atoms with Crippen molar-refractivity contribution in [3.63, 3.8) is 0 Å². The maximum atomic E-state index is 4.73. The summed E-state index contributed by atoms with van der Waals surface area (Å²) in [6.07, 6.45) is 0. The van der Waals surface area contributed by atoms with Crippen LogP contribution in [0.15, 0.2) is 6.07 Å². The van der Waals surface area contributed by atoms with Crippen LogP contribution in [0.1, 0.15) is 22.4 Å². The second-order valence-electron chi connectivity index (χ2n) is 7.17. The van der Waals surface area contributed by atoms with Crippen molar-refractivity contribution in [1.82, 2.24) is 9.97 Å². The van der Waals surface area contributed by atoms with Gasteiger partial charge in [0.2, 0.25) is 0 Å². The van der Waals surface area contributed by atoms with Gasteiger partial charge >= 0.3 is 0 Å². The average Bonchev–Trinajstić information content (AvgIpc) is 1.93. The number of hydrogen-bond acceptors (Lipinski definition) is 2. The highest BCUT2D eigenvalue weighted by atomic mass is 28.4. The van der Waals surface area contributed by atoms with E-state index in [-0.39, 0.29) is 0 Å². The van der Waals surface area contributed by atoms with Crippen molar-refractivity contribution >= 4 is 16.1 Å². The average molecular weight is 267 g/mol. The topological polar surface area (TPSA) is 25.8 Å². The zero-order chi connectivity index (χ0) is 13.4. The fraction of sp³-hybridized carbons (Fsp3) is 0.692. The molecule has 96 valence electrons. The van der Waals surface area contributed by atoms with Crippen LogP contribution in [0.4, 0.5) is 0 Å². The van der Waals surface area contributed by atoms with E-state index in [9.17, 15) is 0 Å². The maximum absolute atomic E-state index is 4.73. The highest BCUT2D eigenvalue weighted by Gasteiger charge is 2.40. The molecule has 0 aliphatic rings. The predicted octanol–water partition coefficient (Wildman–Crippen LogP) is 3.93. The molecule has 0 N–H and O–H groups in total. The Morgan fingerprint density at radius 1 is 0.824 bits per heavy atom. The van der Waals surface area contributed by atoms with Gasteiger partial charge in [0, 0.05) is 16.6 Å². The summed E-state index contributed by atoms with van der Waals surface area (Å²) in [5.41, 5.74) is 2.21. The van der Waals surface area contributed by atoms with E-state index in [4.69, 9.17) is 9.97 Å². The van der Waals surface area contributed by atoms with Crippen molar-refractivity contribution in [3.8, 4) is 0 Å². The molecule has 0 aliphatic heterocycles. The molecule has 0 unspecified atom stereocenters. The lowest BCUT2D eigenvalue weighted by atomic mass is 10.3. The molecule has 0 amide bonds. The number of nitrogens with zero attached hydrogens (tertiary/aromatic N) is 2. The standard InChI is InChI=1S/C13H26N2Si2/c1-10-9-11(2)15-12(14-10)13(16(3,4)5)17(6,7)8/h9,13H,1-8H3. The van der Waals surface area contributed by atoms with Gasteiger partial charge in [-0.3, -0.25) is 0 Å². The summed E-state index contributed by atoms with van der Waals surface area (Å²) >= 11 is 0. The second-order valence-corrected chi connectivity index (χ2v) is 18.4. The van der Waals surface area contributed by atoms with Crippen LogP contribution in [-0.4, -0.2) is 26.1 Å². The molecule has 0 fully saturated rings. The van der Waals surface area contributed by atoms with E-state index in [1.54, 1.807) is 0 Å². The van der Waals surface area contributed by atoms with Crippen molar-refractivity contribution in [1.29, 1.82) is 0 Å². The smallest absolute Gasteiger partial charge is 0.126 e. The lowest BCUT2D eigenvalue weighted by molar-refractivity contribution is 0.914. The molecule has 1 aromatic heterocycles. The Hall–Kier alpha value is -0.486. The van der Waals surface area contributed by atoms with Crippen LogP contribution >= 0.6 is 0 Å². The lowest BCUT2D eigenvalue weighted by Crippen LogP contribution is -2.47. The van der Waals surface area contributed by atoms with E-state index in [1.165, 1.54) is 0 Å². The number of hydrogen-bond donors (Lipinski definition) is 0. The first-order valence-corrected chi connectivity index (χ1v) is 13.5. The molecule has 0 bridgehead atoms. The molecule has 4 heteroatoms. The second kappa shape index (κ2) is 4.65. The Morgan fingerprint density at radius 3 is 1.47 bits per heavy atom. The van der Waals surface area contributed by atoms with E-state index in [1.807, 2.05) is 0 Å². The molecule has 1 heterocycles. The molecule has 17 heavy (non-hydrogen) atoms. The maximum Gasteiger partial charge on any atom is 0.126 e. The van der Waals surface area contributed by atoms with Crippen molar-refractivity contribution in [2.45, 2.75) is 58.3 Å². The molecule has 1 aromatic rings. The molecule has 0 atom stereocenters. The Labute approximate surface area is 108 Å². The van der Waals surface area contributed by atoms with Crippen molar-refractivity contribution in [2.75, 3.05) is 0 Å². The summed E-state index contributed by atoms with van der Waals surface area (Å²) in [7, 11) is -2.54. The van der Waals surface area contributed by atoms with Gasteiger partial charge in [0.15, 0.2) is 0 Å². The first-order valence-electron chi connectivity index (χ1n) is 6.34. The highest BCUT2D eigenvalue weighted by molar-refractivity contribution is 6.96. The lowest BCUT2D eigenvalue weighted by Gasteiger charge is -2.37. The fourth-order valence-corrected chi connectivity index (χ4v) is 15.2. The minimum absolute atomic E-state index is 0.633. The van der Waals surface area contributed by atoms with Gasteiger partial charge in [-0.1, -0.05) is 39.3 Å². The summed E-state index contributed by atoms with van der Waals surface area (Å²) < 4.78 is 0. The van der Waals surface area contributed by atoms with Crippen LogP contribution < -0.4 is 0 Å². The molecular weight excluding hydrogens is 240 g/mol. The molecule has 2 nitrogen and oxygen atoms in total. The number of aromatic nitrogens is 2. The van der Waals surface area contributed by atoms with E-state index in [0.29, 0.717) is 5.16 Å². The fourth-order valence-electron chi connectivity index (χ4n) is 2.96. The largest absolute Gasteiger partial charge is 0.239 e. The summed E-state index contributed by atoms with van der Waals surface area (Å²) in [4.78, 5) is 9.45. The molecule has 0 aromatic carbocycles. The van der Waals surface area contributed by atoms with E-state index in [0.717, 1.165) is 17.2 Å². The Bertz CT molecular complexity index is 369. The van der Waals surface area contributed by atoms with Crippen LogP contribution in [0.3, 0.4) is 0 Å². The van der Waals surface area contributed by atoms with Crippen molar-refractivity contribution < 1.29 is 0 Å². The molecule has 1 rings (SSSR count). The molecule has 0 aliphatic carbocycles. The summed E-state index contributed by atoms with van der Waals surface area (Å²) in [5, 5.41) is 0.633. The third-order valence-corrected chi connectivity index (χ3v) is 12.2. The van der Waals surface area contributed by atoms with Gasteiger partial charge in [-0.05, 0) is 19.9 Å². The minimum Gasteiger partial charge on any atom is -0.239 e. The molecule has 0 spiro atoms. The van der Waals surface area contributed by atoms with Gasteiger partial charge in [-0.2, -0.15) is 0 Å². The normalized spacial score (nSPS) is 13.2. The van der Waals surface area contributed by atoms with Gasteiger partial charge in [-0.15, -0.1) is 0 Å². The zero-order valence-corrected chi connectivity index (χ0v) is 14.5. The van der Waals surface area contributed by atoms with Gasteiger partial charge in [0.1, 0.15) is 5.82 Å². The SMILES string of the molecule is Cc1cc(C)nc(C([Si](C)(C)C)[Si](C)(C)C)n1. The van der Waals surface area contributed by atoms with Gasteiger partial charge in [-0.25, -0.2) is 9.97 Å². The molecule has 0 radical (unpaired) electrons. The zero-order valence-electron chi connectivity index (χ0n) is 12.5. The van der Waals surface area contributed by atoms with Crippen LogP contribution in [0.25, 0.3) is 0 Å². The van der Waals surface area contributed by atoms with Gasteiger partial charge in [0.25, 0.3) is 0 Å². The highest BCUT2D eigenvalue weighted by Crippen LogP contribution is 2.33. The van der Waals surface area contributed by atoms with Gasteiger partial charge in [0.05, 0.1) is 16.1 Å². The van der Waals surface area contributed by atoms with Crippen LogP contribution in [-0.2, 0) is 0 Å². The van der Waals surface area contributed by atoms with E-state index in [2.05, 4.69) is 59.2 Å². The minimum atomic E-state index is -1.27. The van der Waals surface area contributed by atoms with Crippen LogP contribution in [0.2, 0.25) is 39.3 Å². The summed E-state index contributed by atoms with van der Waals surface area (Å²) in [6.45, 7) is 18.8. The number of aryl methyl sites for hydroxylation is 2. The number of rotatable bonds is 3. The monoisotopic (exact) mass is 266 g/mol. The molecule has 0 saturated carbocycles. The first kappa shape index (κ1) is 14.6. The quantitative estimate of drug-likeness (QED) is 0.775. The Kier molecular flexibility index (Phi) is 3.99. The summed E-state index contributed by atoms with van der Waals surface area (Å²) in [5.74, 6) is 1.11. The van der Waals surface area contributed by atoms with Crippen molar-refractivity contribution in [2.24, 2.45) is 0 Å². The van der Waals surface area contributed by atoms with E-state index >= 15 is 0 Å². The third-order valence-electron chi connectivity index (χ3n) is 2.99. The van der Waals surface area contributed by atoms with Crippen molar-refractivity contribution in [3.05, 3.63) is 23.3 Å². The predicted molar refractivity (Wildman–Crippen MR) is 80.9 cm³/mol. The Morgan fingerprint density at radius 2 is 1.18 bits per heavy atom. The molecule has 0 saturated heterocycles. The molecular formula is C13H26N2Si2. The van der Waals surface area contributed by atoms with Crippen LogP contribution in [0, 0.1) is 13.8 Å². The van der Waals surface area contributed by atoms with Crippen LogP contribution in [0.5, 0.6) is 0 Å². The van der Waals surface area contributed by atoms with E-state index < -0.39 is 16.1 Å².